The van der Waals surface area contributed by atoms with Crippen LogP contribution in [-0.2, 0) is 27.3 Å². The van der Waals surface area contributed by atoms with Gasteiger partial charge in [0.25, 0.3) is 0 Å². The average molecular weight is 390 g/mol. The second kappa shape index (κ2) is 7.03. The fourth-order valence-electron chi connectivity index (χ4n) is 5.08. The number of amides is 3. The molecule has 1 aromatic heterocycles. The molecule has 3 amide bonds. The minimum Gasteiger partial charge on any atom is -0.467 e. The molecule has 2 aromatic rings. The fourth-order valence-corrected chi connectivity index (χ4v) is 5.08. The smallest absolute Gasteiger partial charge is 0.244 e. The molecular formula is C23H22N2O4. The lowest BCUT2D eigenvalue weighted by molar-refractivity contribution is -0.148. The van der Waals surface area contributed by atoms with Gasteiger partial charge >= 0.3 is 0 Å². The Hall–Kier alpha value is -3.15. The van der Waals surface area contributed by atoms with Crippen molar-refractivity contribution in [1.29, 1.82) is 0 Å². The number of hydrogen-bond acceptors (Lipinski definition) is 4. The Bertz CT molecular complexity index is 936. The summed E-state index contributed by atoms with van der Waals surface area (Å²) in [6.07, 6.45) is 6.83. The number of rotatable bonds is 6. The number of imide groups is 1. The Balaban J connectivity index is 1.41. The van der Waals surface area contributed by atoms with Gasteiger partial charge in [-0.15, -0.1) is 0 Å². The van der Waals surface area contributed by atoms with Gasteiger partial charge in [0.1, 0.15) is 11.8 Å². The lowest BCUT2D eigenvalue weighted by Crippen LogP contribution is -2.51. The molecule has 0 unspecified atom stereocenters. The average Bonchev–Trinajstić information content (AvgIpc) is 3.51. The van der Waals surface area contributed by atoms with Gasteiger partial charge in [0.05, 0.1) is 24.6 Å². The first-order valence-electron chi connectivity index (χ1n) is 10.0. The van der Waals surface area contributed by atoms with Crippen LogP contribution in [0.3, 0.4) is 0 Å². The SMILES string of the molecule is O=C(NCc1ccco1)[C@@H](Cc1ccccc1)N1C(=O)[C@@H]2[C@@H](C1=O)[C@H]1C=C[C@H]2C1. The number of hydrogen-bond donors (Lipinski definition) is 1. The maximum Gasteiger partial charge on any atom is 0.244 e. The van der Waals surface area contributed by atoms with Crippen LogP contribution in [0.4, 0.5) is 0 Å². The third-order valence-electron chi connectivity index (χ3n) is 6.41. The van der Waals surface area contributed by atoms with Crippen LogP contribution in [0, 0.1) is 23.7 Å². The van der Waals surface area contributed by atoms with E-state index in [1.807, 2.05) is 30.3 Å². The summed E-state index contributed by atoms with van der Waals surface area (Å²) in [5.74, 6) is -0.508. The van der Waals surface area contributed by atoms with Gasteiger partial charge in [-0.2, -0.15) is 0 Å². The molecule has 1 aliphatic heterocycles. The van der Waals surface area contributed by atoms with Gasteiger partial charge in [0.15, 0.2) is 0 Å². The van der Waals surface area contributed by atoms with Gasteiger partial charge in [-0.1, -0.05) is 42.5 Å². The number of benzene rings is 1. The van der Waals surface area contributed by atoms with E-state index in [-0.39, 0.29) is 47.9 Å². The predicted octanol–water partition coefficient (Wildman–Crippen LogP) is 2.31. The largest absolute Gasteiger partial charge is 0.467 e. The van der Waals surface area contributed by atoms with Crippen molar-refractivity contribution >= 4 is 17.7 Å². The van der Waals surface area contributed by atoms with E-state index >= 15 is 0 Å². The zero-order chi connectivity index (χ0) is 20.0. The van der Waals surface area contributed by atoms with Crippen LogP contribution in [-0.4, -0.2) is 28.7 Å². The van der Waals surface area contributed by atoms with Crippen LogP contribution in [0.5, 0.6) is 0 Å². The van der Waals surface area contributed by atoms with Gasteiger partial charge in [0.2, 0.25) is 17.7 Å². The molecule has 2 bridgehead atoms. The molecule has 6 nitrogen and oxygen atoms in total. The van der Waals surface area contributed by atoms with Crippen molar-refractivity contribution in [3.63, 3.8) is 0 Å². The topological polar surface area (TPSA) is 79.6 Å². The van der Waals surface area contributed by atoms with Crippen molar-refractivity contribution in [2.24, 2.45) is 23.7 Å². The second-order valence-electron chi connectivity index (χ2n) is 8.05. The quantitative estimate of drug-likeness (QED) is 0.606. The molecular weight excluding hydrogens is 368 g/mol. The van der Waals surface area contributed by atoms with Crippen LogP contribution in [0.1, 0.15) is 17.7 Å². The van der Waals surface area contributed by atoms with Crippen LogP contribution < -0.4 is 5.32 Å². The number of likely N-dealkylation sites (tertiary alicyclic amines) is 1. The molecule has 2 fully saturated rings. The van der Waals surface area contributed by atoms with Gasteiger partial charge in [-0.05, 0) is 36.0 Å². The summed E-state index contributed by atoms with van der Waals surface area (Å²) in [4.78, 5) is 40.8. The van der Waals surface area contributed by atoms with Crippen molar-refractivity contribution in [2.75, 3.05) is 0 Å². The monoisotopic (exact) mass is 390 g/mol. The first-order chi connectivity index (χ1) is 14.1. The maximum atomic E-state index is 13.2. The highest BCUT2D eigenvalue weighted by molar-refractivity contribution is 6.09. The number of carbonyl (C=O) groups excluding carboxylic acids is 3. The second-order valence-corrected chi connectivity index (χ2v) is 8.05. The molecule has 0 radical (unpaired) electrons. The summed E-state index contributed by atoms with van der Waals surface area (Å²) in [7, 11) is 0. The van der Waals surface area contributed by atoms with E-state index in [1.54, 1.807) is 18.4 Å². The Kier molecular flexibility index (Phi) is 4.34. The molecule has 0 spiro atoms. The van der Waals surface area contributed by atoms with Crippen molar-refractivity contribution < 1.29 is 18.8 Å². The van der Waals surface area contributed by atoms with Crippen LogP contribution in [0.2, 0.25) is 0 Å². The molecule has 5 atom stereocenters. The molecule has 2 aliphatic carbocycles. The summed E-state index contributed by atoms with van der Waals surface area (Å²) in [5.41, 5.74) is 0.907. The lowest BCUT2D eigenvalue weighted by Gasteiger charge is -2.27. The Morgan fingerprint density at radius 2 is 1.72 bits per heavy atom. The lowest BCUT2D eigenvalue weighted by atomic mass is 9.85. The van der Waals surface area contributed by atoms with E-state index in [0.29, 0.717) is 12.2 Å². The molecule has 5 rings (SSSR count). The van der Waals surface area contributed by atoms with Crippen molar-refractivity contribution in [3.8, 4) is 0 Å². The molecule has 6 heteroatoms. The Morgan fingerprint density at radius 1 is 1.03 bits per heavy atom. The normalized spacial score (nSPS) is 28.1. The molecule has 148 valence electrons. The molecule has 3 aliphatic rings. The standard InChI is InChI=1S/C23H22N2O4/c26-21(24-13-17-7-4-10-29-17)18(11-14-5-2-1-3-6-14)25-22(27)19-15-8-9-16(12-15)20(19)23(25)28/h1-10,15-16,18-20H,11-13H2,(H,24,26)/t15-,16-,18+,19-,20-/m0/s1. The predicted molar refractivity (Wildman–Crippen MR) is 104 cm³/mol. The minimum absolute atomic E-state index is 0.120. The number of allylic oxidation sites excluding steroid dienone is 2. The minimum atomic E-state index is -0.864. The number of furan rings is 1. The Morgan fingerprint density at radius 3 is 2.34 bits per heavy atom. The van der Waals surface area contributed by atoms with E-state index in [4.69, 9.17) is 4.42 Å². The van der Waals surface area contributed by atoms with Crippen molar-refractivity contribution in [2.45, 2.75) is 25.4 Å². The third kappa shape index (κ3) is 2.99. The first kappa shape index (κ1) is 17.9. The third-order valence-corrected chi connectivity index (χ3v) is 6.41. The Labute approximate surface area is 168 Å². The van der Waals surface area contributed by atoms with E-state index in [1.165, 1.54) is 4.90 Å². The maximum absolute atomic E-state index is 13.2. The fraction of sp³-hybridized carbons (Fsp3) is 0.348. The summed E-state index contributed by atoms with van der Waals surface area (Å²) in [6.45, 7) is 0.215. The van der Waals surface area contributed by atoms with Crippen molar-refractivity contribution in [1.82, 2.24) is 10.2 Å². The van der Waals surface area contributed by atoms with Crippen molar-refractivity contribution in [3.05, 3.63) is 72.2 Å². The molecule has 1 aromatic carbocycles. The number of nitrogens with zero attached hydrogens (tertiary/aromatic N) is 1. The van der Waals surface area contributed by atoms with Crippen LogP contribution in [0.15, 0.2) is 65.3 Å². The zero-order valence-corrected chi connectivity index (χ0v) is 15.9. The van der Waals surface area contributed by atoms with E-state index in [9.17, 15) is 14.4 Å². The van der Waals surface area contributed by atoms with Gasteiger partial charge in [-0.3, -0.25) is 19.3 Å². The van der Waals surface area contributed by atoms with Gasteiger partial charge in [0, 0.05) is 6.42 Å². The number of fused-ring (bicyclic) bond motifs is 5. The zero-order valence-electron chi connectivity index (χ0n) is 15.9. The molecule has 29 heavy (non-hydrogen) atoms. The number of nitrogens with one attached hydrogen (secondary N) is 1. The van der Waals surface area contributed by atoms with Gasteiger partial charge < -0.3 is 9.73 Å². The highest BCUT2D eigenvalue weighted by atomic mass is 16.3. The molecule has 1 saturated carbocycles. The van der Waals surface area contributed by atoms with E-state index in [2.05, 4.69) is 17.5 Å². The summed E-state index contributed by atoms with van der Waals surface area (Å²) >= 11 is 0. The van der Waals surface area contributed by atoms with Gasteiger partial charge in [-0.25, -0.2) is 0 Å². The van der Waals surface area contributed by atoms with E-state index in [0.717, 1.165) is 12.0 Å². The summed E-state index contributed by atoms with van der Waals surface area (Å²) < 4.78 is 5.28. The van der Waals surface area contributed by atoms with Crippen LogP contribution in [0.25, 0.3) is 0 Å². The highest BCUT2D eigenvalue weighted by Crippen LogP contribution is 2.52. The summed E-state index contributed by atoms with van der Waals surface area (Å²) in [5, 5.41) is 2.83. The summed E-state index contributed by atoms with van der Waals surface area (Å²) in [6, 6.07) is 12.1. The molecule has 2 heterocycles. The van der Waals surface area contributed by atoms with E-state index < -0.39 is 6.04 Å². The molecule has 1 N–H and O–H groups in total. The number of carbonyl (C=O) groups is 3. The highest BCUT2D eigenvalue weighted by Gasteiger charge is 2.61. The molecule has 1 saturated heterocycles. The van der Waals surface area contributed by atoms with Crippen LogP contribution >= 0.6 is 0 Å². The first-order valence-corrected chi connectivity index (χ1v) is 10.0.